The summed E-state index contributed by atoms with van der Waals surface area (Å²) >= 11 is 0. The number of likely N-dealkylation sites (tertiary alicyclic amines) is 1. The summed E-state index contributed by atoms with van der Waals surface area (Å²) in [7, 11) is 0. The zero-order chi connectivity index (χ0) is 26.6. The molecule has 0 bridgehead atoms. The fourth-order valence-corrected chi connectivity index (χ4v) is 5.08. The number of benzene rings is 1. The summed E-state index contributed by atoms with van der Waals surface area (Å²) in [6.45, 7) is 8.12. The number of nitrogens with zero attached hydrogens (tertiary/aromatic N) is 3. The fraction of sp³-hybridized carbons (Fsp3) is 0.462. The van der Waals surface area contributed by atoms with Gasteiger partial charge in [-0.1, -0.05) is 18.7 Å². The Bertz CT molecular complexity index is 1170. The van der Waals surface area contributed by atoms with Crippen molar-refractivity contribution in [1.82, 2.24) is 20.5 Å². The van der Waals surface area contributed by atoms with Crippen LogP contribution in [0.15, 0.2) is 42.6 Å². The van der Waals surface area contributed by atoms with Gasteiger partial charge in [0, 0.05) is 36.3 Å². The van der Waals surface area contributed by atoms with Crippen molar-refractivity contribution in [3.8, 4) is 0 Å². The Labute approximate surface area is 212 Å². The fourth-order valence-electron chi connectivity index (χ4n) is 5.08. The number of carbonyl (C=O) groups excluding carboxylic acids is 2. The molecule has 2 amide bonds. The molecule has 2 aromatic rings. The maximum absolute atomic E-state index is 12.9. The van der Waals surface area contributed by atoms with Gasteiger partial charge in [0.25, 0.3) is 11.7 Å². The Morgan fingerprint density at radius 1 is 1.19 bits per heavy atom. The molecule has 1 saturated heterocycles. The van der Waals surface area contributed by atoms with E-state index in [0.717, 1.165) is 49.6 Å². The van der Waals surface area contributed by atoms with Crippen LogP contribution in [0.4, 0.5) is 19.0 Å². The molecule has 8 nitrogen and oxygen atoms in total. The summed E-state index contributed by atoms with van der Waals surface area (Å²) in [6.07, 6.45) is 0.485. The summed E-state index contributed by atoms with van der Waals surface area (Å²) in [5.41, 5.74) is -1.33. The molecule has 1 atom stereocenters. The first kappa shape index (κ1) is 26.6. The lowest BCUT2D eigenvalue weighted by Gasteiger charge is -2.39. The summed E-state index contributed by atoms with van der Waals surface area (Å²) in [4.78, 5) is 34.2. The highest BCUT2D eigenvalue weighted by Gasteiger charge is 2.39. The number of amides is 2. The van der Waals surface area contributed by atoms with Gasteiger partial charge in [-0.25, -0.2) is 0 Å². The molecule has 1 aliphatic carbocycles. The first-order chi connectivity index (χ1) is 17.6. The summed E-state index contributed by atoms with van der Waals surface area (Å²) < 4.78 is 38.6. The number of halogens is 3. The molecule has 196 valence electrons. The van der Waals surface area contributed by atoms with Crippen molar-refractivity contribution in [2.75, 3.05) is 19.6 Å². The second-order valence-corrected chi connectivity index (χ2v) is 9.59. The predicted molar refractivity (Wildman–Crippen MR) is 129 cm³/mol. The minimum atomic E-state index is -4.55. The number of carbonyl (C=O) groups is 2. The molecular weight excluding hydrogens is 487 g/mol. The molecule has 3 N–H and O–H groups in total. The number of pyridine rings is 1. The van der Waals surface area contributed by atoms with Crippen LogP contribution in [-0.2, 0) is 16.6 Å². The Morgan fingerprint density at radius 2 is 1.95 bits per heavy atom. The molecular formula is C26H28F3N5O3. The molecule has 1 aromatic carbocycles. The summed E-state index contributed by atoms with van der Waals surface area (Å²) in [5.74, 6) is -0.857. The van der Waals surface area contributed by atoms with Crippen molar-refractivity contribution < 1.29 is 27.9 Å². The number of aliphatic hydroxyl groups is 1. The molecule has 0 unspecified atom stereocenters. The molecule has 2 heterocycles. The van der Waals surface area contributed by atoms with Gasteiger partial charge in [0.1, 0.15) is 6.20 Å². The summed E-state index contributed by atoms with van der Waals surface area (Å²) in [6, 6.07) is 7.61. The van der Waals surface area contributed by atoms with E-state index in [1.165, 1.54) is 6.07 Å². The van der Waals surface area contributed by atoms with Gasteiger partial charge in [-0.3, -0.25) is 14.5 Å². The normalized spacial score (nSPS) is 24.3. The molecule has 4 rings (SSSR count). The number of alkyl halides is 3. The Hall–Kier alpha value is -3.49. The van der Waals surface area contributed by atoms with Crippen molar-refractivity contribution in [3.63, 3.8) is 0 Å². The van der Waals surface area contributed by atoms with Gasteiger partial charge in [-0.15, -0.1) is 4.98 Å². The van der Waals surface area contributed by atoms with Gasteiger partial charge >= 0.3 is 6.18 Å². The Balaban J connectivity index is 1.21. The van der Waals surface area contributed by atoms with Gasteiger partial charge in [0.2, 0.25) is 5.91 Å². The first-order valence-electron chi connectivity index (χ1n) is 12.1. The molecule has 2 fully saturated rings. The third-order valence-electron chi connectivity index (χ3n) is 7.14. The predicted octanol–water partition coefficient (Wildman–Crippen LogP) is 3.40. The largest absolute Gasteiger partial charge is 0.416 e. The number of nitrogens with one attached hydrogen (secondary N) is 2. The van der Waals surface area contributed by atoms with Crippen LogP contribution >= 0.6 is 0 Å². The van der Waals surface area contributed by atoms with E-state index >= 15 is 0 Å². The van der Waals surface area contributed by atoms with Crippen molar-refractivity contribution >= 4 is 17.6 Å². The molecule has 0 spiro atoms. The molecule has 1 saturated carbocycles. The van der Waals surface area contributed by atoms with E-state index in [1.54, 1.807) is 18.3 Å². The van der Waals surface area contributed by atoms with Crippen LogP contribution in [0, 0.1) is 6.57 Å². The minimum Gasteiger partial charge on any atom is -0.385 e. The third-order valence-corrected chi connectivity index (χ3v) is 7.14. The smallest absolute Gasteiger partial charge is 0.385 e. The zero-order valence-electron chi connectivity index (χ0n) is 20.1. The topological polar surface area (TPSA) is 98.9 Å². The van der Waals surface area contributed by atoms with E-state index in [4.69, 9.17) is 6.57 Å². The van der Waals surface area contributed by atoms with Gasteiger partial charge < -0.3 is 20.6 Å². The van der Waals surface area contributed by atoms with Crippen LogP contribution in [0.5, 0.6) is 0 Å². The third kappa shape index (κ3) is 6.45. The van der Waals surface area contributed by atoms with E-state index < -0.39 is 29.2 Å². The standard InChI is InChI=1S/C26H28F3N5O3/c1-30-22-6-5-19(14-31-22)25(37)10-7-21(8-11-25)34-12-9-20(16-34)33-23(35)15-32-24(36)17-3-2-4-18(13-17)26(27,28)29/h2-6,13-14,20-21,37H,7-12,15-16H2,(H,32,36)(H,33,35)/t20-,21?,25?/m1/s1. The molecule has 11 heteroatoms. The monoisotopic (exact) mass is 515 g/mol. The van der Waals surface area contributed by atoms with Crippen molar-refractivity contribution in [1.29, 1.82) is 0 Å². The molecule has 2 aliphatic rings. The highest BCUT2D eigenvalue weighted by Crippen LogP contribution is 2.39. The van der Waals surface area contributed by atoms with Gasteiger partial charge in [0.15, 0.2) is 0 Å². The van der Waals surface area contributed by atoms with Crippen molar-refractivity contribution in [2.24, 2.45) is 0 Å². The number of aromatic nitrogens is 1. The quantitative estimate of drug-likeness (QED) is 0.513. The first-order valence-corrected chi connectivity index (χ1v) is 12.1. The summed E-state index contributed by atoms with van der Waals surface area (Å²) in [5, 5.41) is 16.4. The molecule has 37 heavy (non-hydrogen) atoms. The van der Waals surface area contributed by atoms with Crippen LogP contribution in [0.3, 0.4) is 0 Å². The maximum atomic E-state index is 12.9. The molecule has 0 radical (unpaired) electrons. The van der Waals surface area contributed by atoms with Crippen LogP contribution < -0.4 is 10.6 Å². The number of hydrogen-bond donors (Lipinski definition) is 3. The van der Waals surface area contributed by atoms with E-state index in [9.17, 15) is 27.9 Å². The van der Waals surface area contributed by atoms with E-state index in [0.29, 0.717) is 25.2 Å². The highest BCUT2D eigenvalue weighted by molar-refractivity contribution is 5.96. The van der Waals surface area contributed by atoms with E-state index in [-0.39, 0.29) is 24.2 Å². The molecule has 1 aliphatic heterocycles. The van der Waals surface area contributed by atoms with Crippen LogP contribution in [0.25, 0.3) is 4.85 Å². The lowest BCUT2D eigenvalue weighted by molar-refractivity contribution is -0.137. The second-order valence-electron chi connectivity index (χ2n) is 9.59. The zero-order valence-corrected chi connectivity index (χ0v) is 20.1. The van der Waals surface area contributed by atoms with Crippen molar-refractivity contribution in [2.45, 2.75) is 56.0 Å². The number of hydrogen-bond acceptors (Lipinski definition) is 5. The maximum Gasteiger partial charge on any atom is 0.416 e. The van der Waals surface area contributed by atoms with Crippen molar-refractivity contribution in [3.05, 3.63) is 70.7 Å². The van der Waals surface area contributed by atoms with E-state index in [1.807, 2.05) is 0 Å². The SMILES string of the molecule is [C-]#[N+]c1ccc(C2(O)CCC(N3CC[C@@H](NC(=O)CNC(=O)c4cccc(C(F)(F)F)c4)C3)CC2)cn1. The lowest BCUT2D eigenvalue weighted by Crippen LogP contribution is -2.45. The lowest BCUT2D eigenvalue weighted by atomic mass is 9.78. The highest BCUT2D eigenvalue weighted by atomic mass is 19.4. The molecule has 1 aromatic heterocycles. The van der Waals surface area contributed by atoms with Gasteiger partial charge in [-0.05, 0) is 56.4 Å². The van der Waals surface area contributed by atoms with E-state index in [2.05, 4.69) is 25.4 Å². The minimum absolute atomic E-state index is 0.0934. The number of rotatable bonds is 6. The van der Waals surface area contributed by atoms with Crippen LogP contribution in [-0.4, -0.2) is 58.5 Å². The Kier molecular flexibility index (Phi) is 7.80. The average Bonchev–Trinajstić information content (AvgIpc) is 3.35. The van der Waals surface area contributed by atoms with Crippen LogP contribution in [0.1, 0.15) is 53.6 Å². The second kappa shape index (κ2) is 10.9. The average molecular weight is 516 g/mol. The van der Waals surface area contributed by atoms with Gasteiger partial charge in [0.05, 0.1) is 17.7 Å². The van der Waals surface area contributed by atoms with Gasteiger partial charge in [-0.2, -0.15) is 13.2 Å². The Morgan fingerprint density at radius 3 is 2.59 bits per heavy atom. The van der Waals surface area contributed by atoms with Crippen LogP contribution in [0.2, 0.25) is 0 Å².